The lowest BCUT2D eigenvalue weighted by Crippen LogP contribution is -2.46. The molecule has 3 heterocycles. The van der Waals surface area contributed by atoms with Gasteiger partial charge in [0.1, 0.15) is 12.3 Å². The number of likely N-dealkylation sites (N-methyl/N-ethyl adjacent to an activating group) is 1. The molecule has 1 spiro atoms. The Labute approximate surface area is 168 Å². The summed E-state index contributed by atoms with van der Waals surface area (Å²) in [5, 5.41) is 6.56. The number of carbonyl (C=O) groups is 3. The third-order valence-electron chi connectivity index (χ3n) is 5.66. The maximum absolute atomic E-state index is 13.4. The van der Waals surface area contributed by atoms with Crippen LogP contribution < -0.4 is 10.2 Å². The maximum atomic E-state index is 13.4. The molecule has 0 aliphatic carbocycles. The molecule has 8 heteroatoms. The molecule has 8 nitrogen and oxygen atoms in total. The molecule has 0 bridgehead atoms. The minimum absolute atomic E-state index is 0.0171. The van der Waals surface area contributed by atoms with Crippen molar-refractivity contribution in [1.82, 2.24) is 15.4 Å². The molecule has 152 valence electrons. The number of rotatable bonds is 5. The third kappa shape index (κ3) is 3.28. The zero-order valence-corrected chi connectivity index (χ0v) is 16.6. The number of benzene rings is 1. The number of amides is 3. The molecule has 29 heavy (non-hydrogen) atoms. The zero-order chi connectivity index (χ0) is 20.6. The number of aryl methyl sites for hydroxylation is 1. The molecule has 1 saturated heterocycles. The van der Waals surface area contributed by atoms with Crippen molar-refractivity contribution in [3.8, 4) is 0 Å². The summed E-state index contributed by atoms with van der Waals surface area (Å²) < 4.78 is 5.16. The average molecular weight is 396 g/mol. The first-order chi connectivity index (χ1) is 13.9. The van der Waals surface area contributed by atoms with Gasteiger partial charge in [0, 0.05) is 31.4 Å². The van der Waals surface area contributed by atoms with Gasteiger partial charge < -0.3 is 19.6 Å². The molecule has 0 saturated carbocycles. The fourth-order valence-electron chi connectivity index (χ4n) is 4.33. The van der Waals surface area contributed by atoms with Gasteiger partial charge in [0.15, 0.2) is 0 Å². The van der Waals surface area contributed by atoms with Crippen LogP contribution in [0.5, 0.6) is 0 Å². The summed E-state index contributed by atoms with van der Waals surface area (Å²) in [7, 11) is 0. The summed E-state index contributed by atoms with van der Waals surface area (Å²) in [6.07, 6.45) is 0.658. The van der Waals surface area contributed by atoms with Crippen LogP contribution in [0.3, 0.4) is 0 Å². The number of para-hydroxylation sites is 1. The number of anilines is 1. The van der Waals surface area contributed by atoms with Crippen molar-refractivity contribution < 1.29 is 18.9 Å². The monoisotopic (exact) mass is 396 g/mol. The van der Waals surface area contributed by atoms with Crippen LogP contribution in [-0.2, 0) is 26.2 Å². The highest BCUT2D eigenvalue weighted by Gasteiger charge is 2.55. The van der Waals surface area contributed by atoms with Crippen molar-refractivity contribution in [2.75, 3.05) is 31.1 Å². The summed E-state index contributed by atoms with van der Waals surface area (Å²) in [4.78, 5) is 41.6. The van der Waals surface area contributed by atoms with E-state index in [9.17, 15) is 14.4 Å². The number of aromatic nitrogens is 1. The first-order valence-corrected chi connectivity index (χ1v) is 9.83. The van der Waals surface area contributed by atoms with E-state index in [-0.39, 0.29) is 30.7 Å². The lowest BCUT2D eigenvalue weighted by molar-refractivity contribution is -0.130. The predicted octanol–water partition coefficient (Wildman–Crippen LogP) is 1.18. The highest BCUT2D eigenvalue weighted by molar-refractivity contribution is 6.11. The predicted molar refractivity (Wildman–Crippen MR) is 105 cm³/mol. The smallest absolute Gasteiger partial charge is 0.240 e. The van der Waals surface area contributed by atoms with Gasteiger partial charge in [0.2, 0.25) is 17.7 Å². The molecular formula is C21H24N4O4. The van der Waals surface area contributed by atoms with Gasteiger partial charge in [-0.05, 0) is 31.9 Å². The van der Waals surface area contributed by atoms with E-state index in [0.29, 0.717) is 31.8 Å². The molecule has 2 aromatic rings. The first-order valence-electron chi connectivity index (χ1n) is 9.83. The van der Waals surface area contributed by atoms with Gasteiger partial charge in [-0.15, -0.1) is 0 Å². The Hall–Kier alpha value is -3.16. The fourth-order valence-corrected chi connectivity index (χ4v) is 4.33. The normalized spacial score (nSPS) is 20.4. The van der Waals surface area contributed by atoms with Gasteiger partial charge in [0.05, 0.1) is 17.5 Å². The highest BCUT2D eigenvalue weighted by Crippen LogP contribution is 2.47. The third-order valence-corrected chi connectivity index (χ3v) is 5.66. The standard InChI is InChI=1S/C21H24N4O4/c1-3-22-18(26)12-25-17-7-5-4-6-16(17)21(20(25)28)8-9-24(13-21)19(27)11-15-10-14(2)23-29-15/h4-7,10H,3,8-9,11-13H2,1-2H3,(H,22,26). The number of fused-ring (bicyclic) bond motifs is 2. The number of nitrogens with one attached hydrogen (secondary N) is 1. The quantitative estimate of drug-likeness (QED) is 0.819. The van der Waals surface area contributed by atoms with Crippen LogP contribution in [0.15, 0.2) is 34.9 Å². The van der Waals surface area contributed by atoms with E-state index in [0.717, 1.165) is 16.9 Å². The van der Waals surface area contributed by atoms with Crippen LogP contribution in [0.1, 0.15) is 30.4 Å². The van der Waals surface area contributed by atoms with Crippen molar-refractivity contribution in [3.05, 3.63) is 47.3 Å². The summed E-state index contributed by atoms with van der Waals surface area (Å²) in [6, 6.07) is 9.29. The average Bonchev–Trinajstić information content (AvgIpc) is 3.38. The van der Waals surface area contributed by atoms with E-state index in [2.05, 4.69) is 10.5 Å². The summed E-state index contributed by atoms with van der Waals surface area (Å²) >= 11 is 0. The van der Waals surface area contributed by atoms with Crippen molar-refractivity contribution in [3.63, 3.8) is 0 Å². The van der Waals surface area contributed by atoms with Crippen LogP contribution in [0, 0.1) is 6.92 Å². The molecule has 1 aromatic heterocycles. The van der Waals surface area contributed by atoms with Gasteiger partial charge in [-0.2, -0.15) is 0 Å². The van der Waals surface area contributed by atoms with Gasteiger partial charge in [-0.1, -0.05) is 23.4 Å². The number of nitrogens with zero attached hydrogens (tertiary/aromatic N) is 3. The highest BCUT2D eigenvalue weighted by atomic mass is 16.5. The first kappa shape index (κ1) is 19.2. The number of likely N-dealkylation sites (tertiary alicyclic amines) is 1. The van der Waals surface area contributed by atoms with Crippen LogP contribution >= 0.6 is 0 Å². The molecule has 2 aliphatic heterocycles. The second kappa shape index (κ2) is 7.35. The minimum Gasteiger partial charge on any atom is -0.361 e. The Morgan fingerprint density at radius 3 is 2.83 bits per heavy atom. The molecule has 1 atom stereocenters. The van der Waals surface area contributed by atoms with Gasteiger partial charge in [-0.25, -0.2) is 0 Å². The van der Waals surface area contributed by atoms with E-state index < -0.39 is 5.41 Å². The maximum Gasteiger partial charge on any atom is 0.240 e. The Morgan fingerprint density at radius 1 is 1.31 bits per heavy atom. The second-order valence-electron chi connectivity index (χ2n) is 7.62. The lowest BCUT2D eigenvalue weighted by Gasteiger charge is -2.24. The molecule has 3 amide bonds. The van der Waals surface area contributed by atoms with Crippen molar-refractivity contribution in [1.29, 1.82) is 0 Å². The SMILES string of the molecule is CCNC(=O)CN1C(=O)C2(CCN(C(=O)Cc3cc(C)no3)C2)c2ccccc21. The van der Waals surface area contributed by atoms with Gasteiger partial charge in [-0.3, -0.25) is 14.4 Å². The second-order valence-corrected chi connectivity index (χ2v) is 7.62. The molecular weight excluding hydrogens is 372 g/mol. The molecule has 1 fully saturated rings. The Bertz CT molecular complexity index is 969. The minimum atomic E-state index is -0.796. The molecule has 1 unspecified atom stereocenters. The number of hydrogen-bond acceptors (Lipinski definition) is 5. The molecule has 4 rings (SSSR count). The van der Waals surface area contributed by atoms with E-state index in [1.54, 1.807) is 22.8 Å². The van der Waals surface area contributed by atoms with E-state index in [4.69, 9.17) is 4.52 Å². The number of hydrogen-bond donors (Lipinski definition) is 1. The zero-order valence-electron chi connectivity index (χ0n) is 16.6. The molecule has 1 N–H and O–H groups in total. The Balaban J connectivity index is 1.56. The van der Waals surface area contributed by atoms with Crippen LogP contribution in [0.2, 0.25) is 0 Å². The van der Waals surface area contributed by atoms with Crippen LogP contribution in [-0.4, -0.2) is 54.0 Å². The topological polar surface area (TPSA) is 95.8 Å². The Morgan fingerprint density at radius 2 is 2.10 bits per heavy atom. The van der Waals surface area contributed by atoms with Crippen molar-refractivity contribution in [2.24, 2.45) is 0 Å². The van der Waals surface area contributed by atoms with E-state index in [1.165, 1.54) is 0 Å². The van der Waals surface area contributed by atoms with Crippen LogP contribution in [0.4, 0.5) is 5.69 Å². The molecule has 2 aliphatic rings. The number of carbonyl (C=O) groups excluding carboxylic acids is 3. The van der Waals surface area contributed by atoms with E-state index >= 15 is 0 Å². The van der Waals surface area contributed by atoms with Gasteiger partial charge in [0.25, 0.3) is 0 Å². The summed E-state index contributed by atoms with van der Waals surface area (Å²) in [5.41, 5.74) is 1.58. The molecule has 0 radical (unpaired) electrons. The van der Waals surface area contributed by atoms with Crippen molar-refractivity contribution >= 4 is 23.4 Å². The lowest BCUT2D eigenvalue weighted by atomic mass is 9.81. The van der Waals surface area contributed by atoms with E-state index in [1.807, 2.05) is 31.2 Å². The van der Waals surface area contributed by atoms with Gasteiger partial charge >= 0.3 is 0 Å². The Kier molecular flexibility index (Phi) is 4.86. The largest absolute Gasteiger partial charge is 0.361 e. The fraction of sp³-hybridized carbons (Fsp3) is 0.429. The summed E-state index contributed by atoms with van der Waals surface area (Å²) in [6.45, 7) is 4.94. The van der Waals surface area contributed by atoms with Crippen LogP contribution in [0.25, 0.3) is 0 Å². The van der Waals surface area contributed by atoms with Crippen molar-refractivity contribution in [2.45, 2.75) is 32.1 Å². The molecule has 1 aromatic carbocycles. The summed E-state index contributed by atoms with van der Waals surface area (Å²) in [5.74, 6) is 0.116.